The summed E-state index contributed by atoms with van der Waals surface area (Å²) in [6, 6.07) is 8.16. The van der Waals surface area contributed by atoms with Crippen molar-refractivity contribution in [1.82, 2.24) is 20.4 Å². The first-order valence-electron chi connectivity index (χ1n) is 6.77. The summed E-state index contributed by atoms with van der Waals surface area (Å²) in [5, 5.41) is 10.00. The number of benzene rings is 1. The van der Waals surface area contributed by atoms with E-state index in [1.165, 1.54) is 5.56 Å². The van der Waals surface area contributed by atoms with Crippen LogP contribution in [0.2, 0.25) is 0 Å². The number of aromatic amines is 1. The first-order valence-corrected chi connectivity index (χ1v) is 6.77. The maximum atomic E-state index is 12.6. The van der Waals surface area contributed by atoms with Crippen LogP contribution in [-0.2, 0) is 17.9 Å². The highest BCUT2D eigenvalue weighted by atomic mass is 16.2. The van der Waals surface area contributed by atoms with Gasteiger partial charge in [-0.2, -0.15) is 5.10 Å². The summed E-state index contributed by atoms with van der Waals surface area (Å²) in [5.74, 6) is 0.0442. The number of nitrogens with one attached hydrogen (secondary N) is 2. The first kappa shape index (κ1) is 12.9. The number of carbonyl (C=O) groups is 1. The van der Waals surface area contributed by atoms with Crippen molar-refractivity contribution < 1.29 is 4.79 Å². The van der Waals surface area contributed by atoms with Crippen molar-refractivity contribution in [2.45, 2.75) is 19.0 Å². The van der Waals surface area contributed by atoms with Crippen molar-refractivity contribution in [3.8, 4) is 0 Å². The van der Waals surface area contributed by atoms with Crippen LogP contribution in [0, 0.1) is 0 Å². The third-order valence-corrected chi connectivity index (χ3v) is 3.74. The summed E-state index contributed by atoms with van der Waals surface area (Å²) in [6.07, 6.45) is 3.56. The zero-order valence-electron chi connectivity index (χ0n) is 11.5. The van der Waals surface area contributed by atoms with Crippen molar-refractivity contribution in [1.29, 1.82) is 0 Å². The fourth-order valence-corrected chi connectivity index (χ4v) is 2.70. The van der Waals surface area contributed by atoms with Crippen LogP contribution in [0.15, 0.2) is 36.7 Å². The molecule has 104 valence electrons. The van der Waals surface area contributed by atoms with E-state index >= 15 is 0 Å². The van der Waals surface area contributed by atoms with Crippen LogP contribution < -0.4 is 5.32 Å². The average molecular weight is 270 g/mol. The largest absolute Gasteiger partial charge is 0.341 e. The van der Waals surface area contributed by atoms with E-state index in [-0.39, 0.29) is 11.8 Å². The molecule has 0 aliphatic carbocycles. The molecule has 20 heavy (non-hydrogen) atoms. The van der Waals surface area contributed by atoms with Gasteiger partial charge in [-0.15, -0.1) is 0 Å². The van der Waals surface area contributed by atoms with Gasteiger partial charge in [0.1, 0.15) is 0 Å². The molecule has 1 atom stereocenters. The van der Waals surface area contributed by atoms with E-state index in [0.29, 0.717) is 13.1 Å². The molecule has 0 spiro atoms. The van der Waals surface area contributed by atoms with Gasteiger partial charge in [0.15, 0.2) is 0 Å². The Balaban J connectivity index is 1.77. The maximum Gasteiger partial charge on any atom is 0.231 e. The minimum Gasteiger partial charge on any atom is -0.341 e. The predicted octanol–water partition coefficient (Wildman–Crippen LogP) is 1.26. The topological polar surface area (TPSA) is 61.0 Å². The highest BCUT2D eigenvalue weighted by Gasteiger charge is 2.28. The van der Waals surface area contributed by atoms with Crippen LogP contribution in [0.3, 0.4) is 0 Å². The third-order valence-electron chi connectivity index (χ3n) is 3.74. The van der Waals surface area contributed by atoms with E-state index in [0.717, 1.165) is 17.7 Å². The van der Waals surface area contributed by atoms with Crippen LogP contribution in [0.5, 0.6) is 0 Å². The summed E-state index contributed by atoms with van der Waals surface area (Å²) in [6.45, 7) is 2.12. The van der Waals surface area contributed by atoms with Crippen LogP contribution in [0.1, 0.15) is 22.6 Å². The van der Waals surface area contributed by atoms with Gasteiger partial charge < -0.3 is 10.2 Å². The second kappa shape index (κ2) is 5.46. The molecule has 2 heterocycles. The number of nitrogens with zero attached hydrogens (tertiary/aromatic N) is 2. The molecule has 2 aromatic rings. The molecule has 1 aliphatic heterocycles. The SMILES string of the molecule is CN(Cc1cn[nH]c1)C(=O)C1CNCc2ccccc21. The monoisotopic (exact) mass is 270 g/mol. The van der Waals surface area contributed by atoms with Gasteiger partial charge in [-0.25, -0.2) is 0 Å². The summed E-state index contributed by atoms with van der Waals surface area (Å²) >= 11 is 0. The summed E-state index contributed by atoms with van der Waals surface area (Å²) in [7, 11) is 1.84. The minimum absolute atomic E-state index is 0.100. The number of hydrogen-bond donors (Lipinski definition) is 2. The smallest absolute Gasteiger partial charge is 0.231 e. The second-order valence-corrected chi connectivity index (χ2v) is 5.18. The Hall–Kier alpha value is -2.14. The standard InChI is InChI=1S/C15H18N4O/c1-19(10-11-6-17-18-7-11)15(20)14-9-16-8-12-4-2-3-5-13(12)14/h2-7,14,16H,8-10H2,1H3,(H,17,18). The van der Waals surface area contributed by atoms with E-state index in [4.69, 9.17) is 0 Å². The Kier molecular flexibility index (Phi) is 3.52. The lowest BCUT2D eigenvalue weighted by molar-refractivity contribution is -0.132. The number of H-pyrrole nitrogens is 1. The van der Waals surface area contributed by atoms with Crippen LogP contribution in [0.25, 0.3) is 0 Å². The third kappa shape index (κ3) is 2.44. The molecule has 0 saturated heterocycles. The van der Waals surface area contributed by atoms with Crippen LogP contribution in [-0.4, -0.2) is 34.6 Å². The lowest BCUT2D eigenvalue weighted by Gasteiger charge is -2.29. The van der Waals surface area contributed by atoms with Crippen LogP contribution in [0.4, 0.5) is 0 Å². The molecule has 1 amide bonds. The Morgan fingerprint density at radius 2 is 2.30 bits per heavy atom. The molecular formula is C15H18N4O. The van der Waals surface area contributed by atoms with Gasteiger partial charge in [-0.1, -0.05) is 24.3 Å². The molecule has 1 aromatic carbocycles. The molecule has 3 rings (SSSR count). The molecule has 1 aliphatic rings. The first-order chi connectivity index (χ1) is 9.75. The molecule has 0 fully saturated rings. The molecule has 0 bridgehead atoms. The number of amides is 1. The van der Waals surface area contributed by atoms with E-state index in [1.54, 1.807) is 11.1 Å². The fraction of sp³-hybridized carbons (Fsp3) is 0.333. The normalized spacial score (nSPS) is 17.6. The zero-order chi connectivity index (χ0) is 13.9. The van der Waals surface area contributed by atoms with E-state index < -0.39 is 0 Å². The molecule has 5 heteroatoms. The number of fused-ring (bicyclic) bond motifs is 1. The van der Waals surface area contributed by atoms with Gasteiger partial charge in [-0.3, -0.25) is 9.89 Å². The van der Waals surface area contributed by atoms with Crippen molar-refractivity contribution in [2.75, 3.05) is 13.6 Å². The Labute approximate surface area is 118 Å². The molecular weight excluding hydrogens is 252 g/mol. The molecule has 2 N–H and O–H groups in total. The van der Waals surface area contributed by atoms with Gasteiger partial charge in [-0.05, 0) is 11.1 Å². The number of rotatable bonds is 3. The summed E-state index contributed by atoms with van der Waals surface area (Å²) in [4.78, 5) is 14.4. The van der Waals surface area contributed by atoms with Gasteiger partial charge >= 0.3 is 0 Å². The Morgan fingerprint density at radius 1 is 1.45 bits per heavy atom. The summed E-state index contributed by atoms with van der Waals surface area (Å²) < 4.78 is 0. The quantitative estimate of drug-likeness (QED) is 0.882. The average Bonchev–Trinajstić information content (AvgIpc) is 2.99. The zero-order valence-corrected chi connectivity index (χ0v) is 11.5. The highest BCUT2D eigenvalue weighted by Crippen LogP contribution is 2.25. The Morgan fingerprint density at radius 3 is 3.10 bits per heavy atom. The van der Waals surface area contributed by atoms with Gasteiger partial charge in [0, 0.05) is 38.4 Å². The van der Waals surface area contributed by atoms with Crippen molar-refractivity contribution in [3.05, 3.63) is 53.3 Å². The maximum absolute atomic E-state index is 12.6. The van der Waals surface area contributed by atoms with Crippen LogP contribution >= 0.6 is 0 Å². The van der Waals surface area contributed by atoms with Crippen molar-refractivity contribution in [3.63, 3.8) is 0 Å². The van der Waals surface area contributed by atoms with Gasteiger partial charge in [0.05, 0.1) is 12.1 Å². The van der Waals surface area contributed by atoms with Crippen molar-refractivity contribution >= 4 is 5.91 Å². The number of likely N-dealkylation sites (N-methyl/N-ethyl adjacent to an activating group) is 1. The molecule has 1 unspecified atom stereocenters. The van der Waals surface area contributed by atoms with Gasteiger partial charge in [0.25, 0.3) is 0 Å². The fourth-order valence-electron chi connectivity index (χ4n) is 2.70. The lowest BCUT2D eigenvalue weighted by Crippen LogP contribution is -2.39. The van der Waals surface area contributed by atoms with E-state index in [1.807, 2.05) is 25.4 Å². The van der Waals surface area contributed by atoms with E-state index in [9.17, 15) is 4.79 Å². The van der Waals surface area contributed by atoms with Gasteiger partial charge in [0.2, 0.25) is 5.91 Å². The predicted molar refractivity (Wildman–Crippen MR) is 76.0 cm³/mol. The minimum atomic E-state index is -0.100. The molecule has 5 nitrogen and oxygen atoms in total. The number of hydrogen-bond acceptors (Lipinski definition) is 3. The number of aromatic nitrogens is 2. The molecule has 0 radical (unpaired) electrons. The summed E-state index contributed by atoms with van der Waals surface area (Å²) in [5.41, 5.74) is 3.38. The second-order valence-electron chi connectivity index (χ2n) is 5.18. The highest BCUT2D eigenvalue weighted by molar-refractivity contribution is 5.84. The number of carbonyl (C=O) groups excluding carboxylic acids is 1. The van der Waals surface area contributed by atoms with E-state index in [2.05, 4.69) is 27.6 Å². The molecule has 0 saturated carbocycles. The van der Waals surface area contributed by atoms with Crippen molar-refractivity contribution in [2.24, 2.45) is 0 Å². The Bertz CT molecular complexity index is 594. The lowest BCUT2D eigenvalue weighted by atomic mass is 9.90. The molecule has 1 aromatic heterocycles.